The molecule has 0 radical (unpaired) electrons. The van der Waals surface area contributed by atoms with Gasteiger partial charge < -0.3 is 5.32 Å². The number of hydrogen-bond donors (Lipinski definition) is 1. The van der Waals surface area contributed by atoms with Gasteiger partial charge in [-0.15, -0.1) is 0 Å². The summed E-state index contributed by atoms with van der Waals surface area (Å²) in [6, 6.07) is 5.83. The van der Waals surface area contributed by atoms with Crippen LogP contribution in [-0.4, -0.2) is 36.3 Å². The van der Waals surface area contributed by atoms with E-state index in [9.17, 15) is 14.0 Å². The zero-order valence-electron chi connectivity index (χ0n) is 10.1. The van der Waals surface area contributed by atoms with Crippen LogP contribution in [0.25, 0.3) is 0 Å². The second-order valence-corrected chi connectivity index (χ2v) is 4.38. The Morgan fingerprint density at radius 2 is 2.00 bits per heavy atom. The molecule has 2 amide bonds. The Balaban J connectivity index is 1.81. The summed E-state index contributed by atoms with van der Waals surface area (Å²) in [4.78, 5) is 24.0. The van der Waals surface area contributed by atoms with E-state index in [0.717, 1.165) is 10.5 Å². The summed E-state index contributed by atoms with van der Waals surface area (Å²) < 4.78 is 12.7. The van der Waals surface area contributed by atoms with Gasteiger partial charge in [0.25, 0.3) is 0 Å². The molecule has 1 N–H and O–H groups in total. The predicted molar refractivity (Wildman–Crippen MR) is 64.3 cm³/mol. The molecule has 1 aliphatic heterocycles. The number of amides is 2. The van der Waals surface area contributed by atoms with Crippen molar-refractivity contribution in [1.29, 1.82) is 0 Å². The fraction of sp³-hybridized carbons (Fsp3) is 0.385. The summed E-state index contributed by atoms with van der Waals surface area (Å²) >= 11 is 0. The molecule has 18 heavy (non-hydrogen) atoms. The minimum absolute atomic E-state index is 0.153. The number of carbonyl (C=O) groups excluding carboxylic acids is 2. The average Bonchev–Trinajstić information content (AvgIpc) is 2.60. The van der Waals surface area contributed by atoms with E-state index in [1.54, 1.807) is 12.1 Å². The van der Waals surface area contributed by atoms with Crippen LogP contribution in [0.1, 0.15) is 12.0 Å². The molecule has 1 aliphatic rings. The minimum Gasteiger partial charge on any atom is -0.305 e. The molecule has 1 fully saturated rings. The summed E-state index contributed by atoms with van der Waals surface area (Å²) in [5.74, 6) is -0.594. The van der Waals surface area contributed by atoms with Crippen molar-refractivity contribution in [3.8, 4) is 0 Å². The van der Waals surface area contributed by atoms with E-state index in [2.05, 4.69) is 5.32 Å². The molecule has 2 rings (SSSR count). The number of likely N-dealkylation sites (tertiary alicyclic amines) is 1. The van der Waals surface area contributed by atoms with E-state index in [-0.39, 0.29) is 24.1 Å². The van der Waals surface area contributed by atoms with Crippen molar-refractivity contribution < 1.29 is 14.0 Å². The van der Waals surface area contributed by atoms with Crippen molar-refractivity contribution in [1.82, 2.24) is 10.2 Å². The van der Waals surface area contributed by atoms with Gasteiger partial charge in [0.2, 0.25) is 11.8 Å². The van der Waals surface area contributed by atoms with E-state index >= 15 is 0 Å². The maximum atomic E-state index is 12.7. The van der Waals surface area contributed by atoms with Gasteiger partial charge in [-0.1, -0.05) is 12.1 Å². The summed E-state index contributed by atoms with van der Waals surface area (Å²) in [7, 11) is 1.49. The monoisotopic (exact) mass is 250 g/mol. The lowest BCUT2D eigenvalue weighted by molar-refractivity contribution is -0.137. The Morgan fingerprint density at radius 3 is 2.56 bits per heavy atom. The van der Waals surface area contributed by atoms with Crippen molar-refractivity contribution in [3.63, 3.8) is 0 Å². The molecule has 0 saturated carbocycles. The standard InChI is InChI=1S/C13H15FN2O2/c1-16-12(17)8-11(13(16)18)15-7-6-9-2-4-10(14)5-3-9/h2-5,11,15H,6-8H2,1H3. The van der Waals surface area contributed by atoms with Crippen molar-refractivity contribution >= 4 is 11.8 Å². The lowest BCUT2D eigenvalue weighted by Crippen LogP contribution is -2.38. The van der Waals surface area contributed by atoms with E-state index in [4.69, 9.17) is 0 Å². The molecule has 1 atom stereocenters. The summed E-state index contributed by atoms with van der Waals surface area (Å²) in [5.41, 5.74) is 0.994. The second kappa shape index (κ2) is 5.27. The van der Waals surface area contributed by atoms with Crippen LogP contribution in [0.15, 0.2) is 24.3 Å². The van der Waals surface area contributed by atoms with E-state index in [1.807, 2.05) is 0 Å². The third kappa shape index (κ3) is 2.73. The van der Waals surface area contributed by atoms with Crippen LogP contribution in [0, 0.1) is 5.82 Å². The van der Waals surface area contributed by atoms with Gasteiger partial charge in [-0.2, -0.15) is 0 Å². The molecule has 1 unspecified atom stereocenters. The number of halogens is 1. The summed E-state index contributed by atoms with van der Waals surface area (Å²) in [6.45, 7) is 0.586. The lowest BCUT2D eigenvalue weighted by atomic mass is 10.1. The molecule has 0 spiro atoms. The fourth-order valence-electron chi connectivity index (χ4n) is 1.96. The SMILES string of the molecule is CN1C(=O)CC(NCCc2ccc(F)cc2)C1=O. The highest BCUT2D eigenvalue weighted by molar-refractivity contribution is 6.05. The van der Waals surface area contributed by atoms with Crippen LogP contribution in [-0.2, 0) is 16.0 Å². The number of nitrogens with one attached hydrogen (secondary N) is 1. The molecule has 1 saturated heterocycles. The van der Waals surface area contributed by atoms with Gasteiger partial charge in [0.1, 0.15) is 5.82 Å². The van der Waals surface area contributed by atoms with Crippen LogP contribution in [0.2, 0.25) is 0 Å². The topological polar surface area (TPSA) is 49.4 Å². The Bertz CT molecular complexity index is 459. The first-order chi connectivity index (χ1) is 8.58. The first-order valence-corrected chi connectivity index (χ1v) is 5.86. The quantitative estimate of drug-likeness (QED) is 0.801. The van der Waals surface area contributed by atoms with Crippen molar-refractivity contribution in [2.45, 2.75) is 18.9 Å². The molecule has 1 aromatic rings. The highest BCUT2D eigenvalue weighted by Gasteiger charge is 2.35. The number of nitrogens with zero attached hydrogens (tertiary/aromatic N) is 1. The molecule has 0 bridgehead atoms. The zero-order chi connectivity index (χ0) is 13.1. The highest BCUT2D eigenvalue weighted by atomic mass is 19.1. The smallest absolute Gasteiger partial charge is 0.246 e. The minimum atomic E-state index is -0.414. The predicted octanol–water partition coefficient (Wildman–Crippen LogP) is 0.715. The van der Waals surface area contributed by atoms with Crippen LogP contribution >= 0.6 is 0 Å². The second-order valence-electron chi connectivity index (χ2n) is 4.38. The lowest BCUT2D eigenvalue weighted by Gasteiger charge is -2.10. The van der Waals surface area contributed by atoms with Gasteiger partial charge >= 0.3 is 0 Å². The number of hydrogen-bond acceptors (Lipinski definition) is 3. The normalized spacial score (nSPS) is 19.7. The van der Waals surface area contributed by atoms with Crippen molar-refractivity contribution in [2.24, 2.45) is 0 Å². The molecule has 5 heteroatoms. The highest BCUT2D eigenvalue weighted by Crippen LogP contribution is 2.10. The van der Waals surface area contributed by atoms with Gasteiger partial charge in [0.05, 0.1) is 12.5 Å². The molecule has 0 aromatic heterocycles. The maximum Gasteiger partial charge on any atom is 0.246 e. The van der Waals surface area contributed by atoms with Crippen molar-refractivity contribution in [3.05, 3.63) is 35.6 Å². The Labute approximate surface area is 105 Å². The molecule has 1 heterocycles. The van der Waals surface area contributed by atoms with Crippen LogP contribution < -0.4 is 5.32 Å². The summed E-state index contributed by atoms with van der Waals surface area (Å²) in [5, 5.41) is 3.05. The van der Waals surface area contributed by atoms with Crippen LogP contribution in [0.3, 0.4) is 0 Å². The molecular formula is C13H15FN2O2. The molecule has 96 valence electrons. The zero-order valence-corrected chi connectivity index (χ0v) is 10.1. The van der Waals surface area contributed by atoms with E-state index in [0.29, 0.717) is 13.0 Å². The molecule has 4 nitrogen and oxygen atoms in total. The Hall–Kier alpha value is -1.75. The number of rotatable bonds is 4. The number of carbonyl (C=O) groups is 2. The first-order valence-electron chi connectivity index (χ1n) is 5.86. The average molecular weight is 250 g/mol. The molecule has 0 aliphatic carbocycles. The number of likely N-dealkylation sites (N-methyl/N-ethyl adjacent to an activating group) is 1. The molecule has 1 aromatic carbocycles. The third-order valence-corrected chi connectivity index (χ3v) is 3.10. The van der Waals surface area contributed by atoms with Gasteiger partial charge in [0, 0.05) is 7.05 Å². The van der Waals surface area contributed by atoms with Gasteiger partial charge in [-0.3, -0.25) is 14.5 Å². The van der Waals surface area contributed by atoms with Crippen LogP contribution in [0.4, 0.5) is 4.39 Å². The first kappa shape index (κ1) is 12.7. The number of imide groups is 1. The number of benzene rings is 1. The summed E-state index contributed by atoms with van der Waals surface area (Å²) in [6.07, 6.45) is 0.917. The fourth-order valence-corrected chi connectivity index (χ4v) is 1.96. The maximum absolute atomic E-state index is 12.7. The Morgan fingerprint density at radius 1 is 1.33 bits per heavy atom. The molecular weight excluding hydrogens is 235 g/mol. The van der Waals surface area contributed by atoms with Gasteiger partial charge in [-0.25, -0.2) is 4.39 Å². The van der Waals surface area contributed by atoms with E-state index in [1.165, 1.54) is 19.2 Å². The van der Waals surface area contributed by atoms with Gasteiger partial charge in [-0.05, 0) is 30.7 Å². The van der Waals surface area contributed by atoms with E-state index < -0.39 is 6.04 Å². The van der Waals surface area contributed by atoms with Crippen molar-refractivity contribution in [2.75, 3.05) is 13.6 Å². The van der Waals surface area contributed by atoms with Gasteiger partial charge in [0.15, 0.2) is 0 Å². The Kier molecular flexibility index (Phi) is 3.72. The van der Waals surface area contributed by atoms with Crippen LogP contribution in [0.5, 0.6) is 0 Å². The largest absolute Gasteiger partial charge is 0.305 e. The third-order valence-electron chi connectivity index (χ3n) is 3.10.